The van der Waals surface area contributed by atoms with Gasteiger partial charge in [0.1, 0.15) is 16.1 Å². The monoisotopic (exact) mass is 331 g/mol. The van der Waals surface area contributed by atoms with Crippen molar-refractivity contribution in [3.63, 3.8) is 0 Å². The summed E-state index contributed by atoms with van der Waals surface area (Å²) in [6.07, 6.45) is 1.00. The molecule has 2 aromatic rings. The van der Waals surface area contributed by atoms with Crippen LogP contribution in [0, 0.1) is 0 Å². The minimum absolute atomic E-state index is 0.386. The van der Waals surface area contributed by atoms with Crippen LogP contribution in [-0.2, 0) is 18.8 Å². The smallest absolute Gasteiger partial charge is 0.191 e. The van der Waals surface area contributed by atoms with E-state index in [1.165, 1.54) is 0 Å². The van der Waals surface area contributed by atoms with Crippen LogP contribution in [0.15, 0.2) is 17.3 Å². The molecule has 2 N–H and O–H groups in total. The van der Waals surface area contributed by atoms with Gasteiger partial charge in [0.15, 0.2) is 5.16 Å². The zero-order valence-corrected chi connectivity index (χ0v) is 13.3. The lowest BCUT2D eigenvalue weighted by Crippen LogP contribution is -2.09. The van der Waals surface area contributed by atoms with Crippen molar-refractivity contribution in [2.75, 3.05) is 0 Å². The molecule has 8 heteroatoms. The fourth-order valence-electron chi connectivity index (χ4n) is 1.72. The van der Waals surface area contributed by atoms with E-state index in [1.807, 2.05) is 10.6 Å². The van der Waals surface area contributed by atoms with Gasteiger partial charge >= 0.3 is 0 Å². The van der Waals surface area contributed by atoms with Gasteiger partial charge in [0.05, 0.1) is 6.54 Å². The van der Waals surface area contributed by atoms with Crippen molar-refractivity contribution in [3.8, 4) is 0 Å². The van der Waals surface area contributed by atoms with Crippen LogP contribution in [0.1, 0.15) is 24.7 Å². The zero-order chi connectivity index (χ0) is 14.5. The first-order valence-electron chi connectivity index (χ1n) is 6.21. The molecule has 0 aliphatic carbocycles. The van der Waals surface area contributed by atoms with Gasteiger partial charge in [-0.25, -0.2) is 4.98 Å². The third kappa shape index (κ3) is 3.63. The van der Waals surface area contributed by atoms with Crippen molar-refractivity contribution >= 4 is 35.0 Å². The molecular formula is C12H15Cl2N5S. The van der Waals surface area contributed by atoms with Crippen molar-refractivity contribution < 1.29 is 0 Å². The first-order valence-corrected chi connectivity index (χ1v) is 7.95. The molecule has 0 amide bonds. The number of aromatic nitrogens is 4. The summed E-state index contributed by atoms with van der Waals surface area (Å²) in [6, 6.07) is 3.60. The summed E-state index contributed by atoms with van der Waals surface area (Å²) in [5, 5.41) is 9.93. The molecule has 0 aliphatic heterocycles. The molecule has 5 nitrogen and oxygen atoms in total. The van der Waals surface area contributed by atoms with Gasteiger partial charge in [0, 0.05) is 12.3 Å². The summed E-state index contributed by atoms with van der Waals surface area (Å²) in [4.78, 5) is 4.02. The Kier molecular flexibility index (Phi) is 5.65. The summed E-state index contributed by atoms with van der Waals surface area (Å²) in [6.45, 7) is 3.35. The number of nitrogens with zero attached hydrogens (tertiary/aromatic N) is 4. The molecule has 0 unspecified atom stereocenters. The number of rotatable bonds is 6. The molecule has 0 saturated heterocycles. The average molecular weight is 332 g/mol. The zero-order valence-electron chi connectivity index (χ0n) is 11.0. The Labute approximate surface area is 131 Å². The fourth-order valence-corrected chi connectivity index (χ4v) is 3.18. The van der Waals surface area contributed by atoms with Crippen LogP contribution in [0.3, 0.4) is 0 Å². The molecular weight excluding hydrogens is 317 g/mol. The van der Waals surface area contributed by atoms with E-state index in [-0.39, 0.29) is 0 Å². The summed E-state index contributed by atoms with van der Waals surface area (Å²) in [7, 11) is 0. The third-order valence-corrected chi connectivity index (χ3v) is 4.23. The van der Waals surface area contributed by atoms with Crippen molar-refractivity contribution in [2.24, 2.45) is 5.73 Å². The molecule has 0 saturated carbocycles. The van der Waals surface area contributed by atoms with E-state index in [4.69, 9.17) is 28.9 Å². The molecule has 0 atom stereocenters. The van der Waals surface area contributed by atoms with Gasteiger partial charge in [0.2, 0.25) is 0 Å². The molecule has 0 bridgehead atoms. The lowest BCUT2D eigenvalue weighted by Gasteiger charge is -2.08. The van der Waals surface area contributed by atoms with Gasteiger partial charge in [-0.1, -0.05) is 48.0 Å². The second-order valence-electron chi connectivity index (χ2n) is 4.13. The highest BCUT2D eigenvalue weighted by molar-refractivity contribution is 7.98. The summed E-state index contributed by atoms with van der Waals surface area (Å²) >= 11 is 13.4. The van der Waals surface area contributed by atoms with Crippen LogP contribution >= 0.6 is 35.0 Å². The van der Waals surface area contributed by atoms with Crippen molar-refractivity contribution in [3.05, 3.63) is 33.8 Å². The maximum atomic E-state index is 6.06. The quantitative estimate of drug-likeness (QED) is 0.650. The summed E-state index contributed by atoms with van der Waals surface area (Å²) < 4.78 is 2.04. The van der Waals surface area contributed by atoms with Crippen molar-refractivity contribution in [2.45, 2.75) is 37.3 Å². The predicted molar refractivity (Wildman–Crippen MR) is 82.0 cm³/mol. The highest BCUT2D eigenvalue weighted by Crippen LogP contribution is 2.26. The van der Waals surface area contributed by atoms with E-state index in [0.717, 1.165) is 29.5 Å². The maximum Gasteiger partial charge on any atom is 0.191 e. The lowest BCUT2D eigenvalue weighted by atomic mass is 10.3. The second-order valence-corrected chi connectivity index (χ2v) is 5.81. The van der Waals surface area contributed by atoms with Crippen molar-refractivity contribution in [1.29, 1.82) is 0 Å². The molecule has 20 heavy (non-hydrogen) atoms. The van der Waals surface area contributed by atoms with Crippen LogP contribution in [-0.4, -0.2) is 19.7 Å². The first-order chi connectivity index (χ1) is 9.65. The standard InChI is InChI=1S/C12H15Cl2N5S/c1-2-5-19-10(6-15)17-18-12(19)20-7-8-3-4-9(13)16-11(8)14/h3-4H,2,5-7,15H2,1H3. The van der Waals surface area contributed by atoms with Crippen LogP contribution < -0.4 is 5.73 Å². The predicted octanol–water partition coefficient (Wildman–Crippen LogP) is 3.14. The number of hydrogen-bond acceptors (Lipinski definition) is 5. The highest BCUT2D eigenvalue weighted by atomic mass is 35.5. The van der Waals surface area contributed by atoms with E-state index in [9.17, 15) is 0 Å². The van der Waals surface area contributed by atoms with Gasteiger partial charge in [-0.2, -0.15) is 0 Å². The highest BCUT2D eigenvalue weighted by Gasteiger charge is 2.12. The molecule has 0 aliphatic rings. The van der Waals surface area contributed by atoms with Crippen molar-refractivity contribution in [1.82, 2.24) is 19.7 Å². The molecule has 108 valence electrons. The molecule has 2 rings (SSSR count). The third-order valence-electron chi connectivity index (χ3n) is 2.67. The number of pyridine rings is 1. The van der Waals surface area contributed by atoms with Crippen LogP contribution in [0.4, 0.5) is 0 Å². The Balaban J connectivity index is 2.12. The Hall–Kier alpha value is -0.820. The first kappa shape index (κ1) is 15.6. The minimum atomic E-state index is 0.386. The van der Waals surface area contributed by atoms with Gasteiger partial charge in [0.25, 0.3) is 0 Å². The fraction of sp³-hybridized carbons (Fsp3) is 0.417. The van der Waals surface area contributed by atoms with E-state index >= 15 is 0 Å². The van der Waals surface area contributed by atoms with Gasteiger partial charge in [-0.3, -0.25) is 0 Å². The Morgan fingerprint density at radius 2 is 2.10 bits per heavy atom. The molecule has 0 radical (unpaired) electrons. The maximum absolute atomic E-state index is 6.06. The molecule has 0 fully saturated rings. The number of thioether (sulfide) groups is 1. The summed E-state index contributed by atoms with van der Waals surface area (Å²) in [5.41, 5.74) is 6.58. The van der Waals surface area contributed by atoms with E-state index < -0.39 is 0 Å². The molecule has 0 aromatic carbocycles. The number of hydrogen-bond donors (Lipinski definition) is 1. The molecule has 2 aromatic heterocycles. The normalized spacial score (nSPS) is 11.0. The van der Waals surface area contributed by atoms with Gasteiger partial charge in [-0.05, 0) is 18.1 Å². The minimum Gasteiger partial charge on any atom is -0.324 e. The topological polar surface area (TPSA) is 69.6 Å². The largest absolute Gasteiger partial charge is 0.324 e. The summed E-state index contributed by atoms with van der Waals surface area (Å²) in [5.74, 6) is 1.46. The number of halogens is 2. The SMILES string of the molecule is CCCn1c(CN)nnc1SCc1ccc(Cl)nc1Cl. The Bertz CT molecular complexity index is 587. The van der Waals surface area contributed by atoms with Crippen LogP contribution in [0.25, 0.3) is 0 Å². The van der Waals surface area contributed by atoms with E-state index in [1.54, 1.807) is 17.8 Å². The van der Waals surface area contributed by atoms with Crippen LogP contribution in [0.2, 0.25) is 10.3 Å². The van der Waals surface area contributed by atoms with Gasteiger partial charge < -0.3 is 10.3 Å². The number of nitrogens with two attached hydrogens (primary N) is 1. The van der Waals surface area contributed by atoms with Gasteiger partial charge in [-0.15, -0.1) is 10.2 Å². The molecule has 0 spiro atoms. The lowest BCUT2D eigenvalue weighted by molar-refractivity contribution is 0.592. The van der Waals surface area contributed by atoms with Crippen LogP contribution in [0.5, 0.6) is 0 Å². The molecule has 2 heterocycles. The second kappa shape index (κ2) is 7.26. The Morgan fingerprint density at radius 1 is 1.30 bits per heavy atom. The Morgan fingerprint density at radius 3 is 2.75 bits per heavy atom. The van der Waals surface area contributed by atoms with E-state index in [0.29, 0.717) is 22.6 Å². The van der Waals surface area contributed by atoms with E-state index in [2.05, 4.69) is 22.1 Å². The average Bonchev–Trinajstić information content (AvgIpc) is 2.81.